The summed E-state index contributed by atoms with van der Waals surface area (Å²) in [5, 5.41) is 32.7. The molecule has 118 valence electrons. The summed E-state index contributed by atoms with van der Waals surface area (Å²) in [6, 6.07) is 0. The zero-order chi connectivity index (χ0) is 15.5. The van der Waals surface area contributed by atoms with Gasteiger partial charge >= 0.3 is 5.97 Å². The zero-order valence-electron chi connectivity index (χ0n) is 12.5. The summed E-state index contributed by atoms with van der Waals surface area (Å²) in [6.45, 7) is 5.17. The van der Waals surface area contributed by atoms with Crippen LogP contribution in [0.1, 0.15) is 40.0 Å². The van der Waals surface area contributed by atoms with Gasteiger partial charge in [-0.15, -0.1) is 0 Å². The van der Waals surface area contributed by atoms with Crippen molar-refractivity contribution in [2.75, 3.05) is 6.61 Å². The van der Waals surface area contributed by atoms with E-state index in [1.807, 2.05) is 6.92 Å². The van der Waals surface area contributed by atoms with Crippen LogP contribution in [0.4, 0.5) is 0 Å². The van der Waals surface area contributed by atoms with Gasteiger partial charge in [-0.05, 0) is 19.3 Å². The van der Waals surface area contributed by atoms with Gasteiger partial charge in [-0.3, -0.25) is 4.79 Å². The van der Waals surface area contributed by atoms with Crippen molar-refractivity contribution < 1.29 is 29.6 Å². The van der Waals surface area contributed by atoms with Gasteiger partial charge < -0.3 is 24.8 Å². The van der Waals surface area contributed by atoms with E-state index in [1.165, 1.54) is 6.92 Å². The Kier molecular flexibility index (Phi) is 2.19. The second-order valence-corrected chi connectivity index (χ2v) is 7.85. The summed E-state index contributed by atoms with van der Waals surface area (Å²) in [5.74, 6) is -2.11. The predicted molar refractivity (Wildman–Crippen MR) is 69.9 cm³/mol. The molecule has 0 amide bonds. The summed E-state index contributed by atoms with van der Waals surface area (Å²) < 4.78 is 11.3. The van der Waals surface area contributed by atoms with E-state index in [4.69, 9.17) is 9.47 Å². The Morgan fingerprint density at radius 1 is 1.29 bits per heavy atom. The van der Waals surface area contributed by atoms with E-state index in [-0.39, 0.29) is 31.3 Å². The van der Waals surface area contributed by atoms with E-state index in [9.17, 15) is 20.1 Å². The minimum atomic E-state index is -1.76. The van der Waals surface area contributed by atoms with E-state index >= 15 is 0 Å². The van der Waals surface area contributed by atoms with Crippen LogP contribution in [-0.2, 0) is 14.3 Å². The maximum Gasteiger partial charge on any atom is 0.306 e. The number of carbonyl (C=O) groups excluding carboxylic acids is 1. The fourth-order valence-electron chi connectivity index (χ4n) is 5.87. The summed E-state index contributed by atoms with van der Waals surface area (Å²) in [4.78, 5) is 12.1. The Morgan fingerprint density at radius 3 is 2.62 bits per heavy atom. The number of cyclic esters (lactones) is 1. The zero-order valence-corrected chi connectivity index (χ0v) is 12.5. The molecule has 0 radical (unpaired) electrons. The molecule has 2 bridgehead atoms. The molecular weight excluding hydrogens is 276 g/mol. The SMILES string of the molecule is C[C@H]1C[C@H](O)[C@]23O[C@]4(O)C[C@]12CC(=O)OC[C@@]3(C)[C@]4(C)O. The number of aliphatic hydroxyl groups is 3. The maximum absolute atomic E-state index is 12.1. The molecule has 6 heteroatoms. The molecule has 1 saturated carbocycles. The molecule has 3 saturated heterocycles. The van der Waals surface area contributed by atoms with Crippen molar-refractivity contribution in [3.8, 4) is 0 Å². The molecule has 0 aromatic rings. The molecule has 0 aromatic heterocycles. The molecule has 0 aromatic carbocycles. The highest BCUT2D eigenvalue weighted by Crippen LogP contribution is 2.79. The number of hydrogen-bond acceptors (Lipinski definition) is 6. The topological polar surface area (TPSA) is 96.2 Å². The van der Waals surface area contributed by atoms with Crippen molar-refractivity contribution in [2.45, 2.75) is 63.1 Å². The molecule has 7 atom stereocenters. The minimum Gasteiger partial charge on any atom is -0.465 e. The summed E-state index contributed by atoms with van der Waals surface area (Å²) in [5.41, 5.74) is -4.49. The van der Waals surface area contributed by atoms with Crippen molar-refractivity contribution in [1.29, 1.82) is 0 Å². The van der Waals surface area contributed by atoms with Crippen molar-refractivity contribution in [3.05, 3.63) is 0 Å². The van der Waals surface area contributed by atoms with Crippen LogP contribution in [0.2, 0.25) is 0 Å². The molecule has 1 spiro atoms. The fraction of sp³-hybridized carbons (Fsp3) is 0.933. The van der Waals surface area contributed by atoms with Gasteiger partial charge in [0.15, 0.2) is 5.79 Å². The number of carbonyl (C=O) groups is 1. The second kappa shape index (κ2) is 3.30. The monoisotopic (exact) mass is 298 g/mol. The van der Waals surface area contributed by atoms with E-state index < -0.39 is 33.9 Å². The van der Waals surface area contributed by atoms with Gasteiger partial charge in [-0.25, -0.2) is 0 Å². The van der Waals surface area contributed by atoms with Gasteiger partial charge in [0.05, 0.1) is 17.9 Å². The number of rotatable bonds is 0. The highest BCUT2D eigenvalue weighted by atomic mass is 16.7. The van der Waals surface area contributed by atoms with E-state index in [1.54, 1.807) is 6.92 Å². The lowest BCUT2D eigenvalue weighted by Gasteiger charge is -2.55. The fourth-order valence-corrected chi connectivity index (χ4v) is 5.87. The number of aliphatic hydroxyl groups excluding tert-OH is 1. The third-order valence-corrected chi connectivity index (χ3v) is 7.25. The van der Waals surface area contributed by atoms with Gasteiger partial charge in [-0.1, -0.05) is 13.8 Å². The van der Waals surface area contributed by atoms with Gasteiger partial charge in [-0.2, -0.15) is 0 Å². The van der Waals surface area contributed by atoms with Crippen LogP contribution in [0.25, 0.3) is 0 Å². The lowest BCUT2D eigenvalue weighted by molar-refractivity contribution is -0.258. The van der Waals surface area contributed by atoms with Crippen LogP contribution in [-0.4, -0.2) is 51.0 Å². The molecule has 4 rings (SSSR count). The van der Waals surface area contributed by atoms with Crippen LogP contribution >= 0.6 is 0 Å². The van der Waals surface area contributed by atoms with Crippen molar-refractivity contribution in [1.82, 2.24) is 0 Å². The van der Waals surface area contributed by atoms with Crippen molar-refractivity contribution in [2.24, 2.45) is 16.7 Å². The van der Waals surface area contributed by atoms with Crippen LogP contribution < -0.4 is 0 Å². The summed E-state index contributed by atoms with van der Waals surface area (Å²) >= 11 is 0. The third kappa shape index (κ3) is 1.05. The van der Waals surface area contributed by atoms with Crippen LogP contribution in [0.15, 0.2) is 0 Å². The number of hydrogen-bond donors (Lipinski definition) is 3. The van der Waals surface area contributed by atoms with Crippen LogP contribution in [0, 0.1) is 16.7 Å². The Balaban J connectivity index is 2.05. The normalized spacial score (nSPS) is 65.1. The Morgan fingerprint density at radius 2 is 1.95 bits per heavy atom. The molecule has 0 unspecified atom stereocenters. The number of ether oxygens (including phenoxy) is 2. The molecule has 6 nitrogen and oxygen atoms in total. The summed E-state index contributed by atoms with van der Waals surface area (Å²) in [6.07, 6.45) is -0.0838. The van der Waals surface area contributed by atoms with E-state index in [0.717, 1.165) is 0 Å². The van der Waals surface area contributed by atoms with E-state index in [2.05, 4.69) is 0 Å². The molecule has 3 N–H and O–H groups in total. The smallest absolute Gasteiger partial charge is 0.306 e. The minimum absolute atomic E-state index is 0.00241. The van der Waals surface area contributed by atoms with Gasteiger partial charge in [0.1, 0.15) is 17.8 Å². The molecule has 4 aliphatic rings. The quantitative estimate of drug-likeness (QED) is 0.542. The average Bonchev–Trinajstić information content (AvgIpc) is 2.78. The van der Waals surface area contributed by atoms with Crippen molar-refractivity contribution >= 4 is 5.97 Å². The second-order valence-electron chi connectivity index (χ2n) is 7.85. The van der Waals surface area contributed by atoms with Crippen molar-refractivity contribution in [3.63, 3.8) is 0 Å². The first-order valence-corrected chi connectivity index (χ1v) is 7.55. The molecular formula is C15H22O6. The number of fused-ring (bicyclic) bond motifs is 1. The molecule has 3 aliphatic heterocycles. The largest absolute Gasteiger partial charge is 0.465 e. The van der Waals surface area contributed by atoms with Gasteiger partial charge in [0.25, 0.3) is 0 Å². The molecule has 3 heterocycles. The lowest BCUT2D eigenvalue weighted by Crippen LogP contribution is -2.70. The highest BCUT2D eigenvalue weighted by molar-refractivity contribution is 5.72. The highest BCUT2D eigenvalue weighted by Gasteiger charge is 2.91. The summed E-state index contributed by atoms with van der Waals surface area (Å²) in [7, 11) is 0. The first-order chi connectivity index (χ1) is 9.56. The van der Waals surface area contributed by atoms with Gasteiger partial charge in [0, 0.05) is 11.8 Å². The number of esters is 1. The van der Waals surface area contributed by atoms with Crippen LogP contribution in [0.3, 0.4) is 0 Å². The molecule has 1 aliphatic carbocycles. The predicted octanol–water partition coefficient (Wildman–Crippen LogP) is -0.0610. The van der Waals surface area contributed by atoms with Gasteiger partial charge in [0.2, 0.25) is 0 Å². The first kappa shape index (κ1) is 13.9. The standard InChI is InChI=1S/C15H22O6/c1-8-4-9(16)15-11(2)7-20-10(17)5-13(8,15)6-14(19,21-15)12(11,3)18/h8-9,16,18-19H,4-7H2,1-3H3/t8-,9-,11-,12-,13+,14+,15+/m0/s1. The lowest BCUT2D eigenvalue weighted by atomic mass is 9.47. The molecule has 21 heavy (non-hydrogen) atoms. The van der Waals surface area contributed by atoms with E-state index in [0.29, 0.717) is 6.42 Å². The first-order valence-electron chi connectivity index (χ1n) is 7.55. The van der Waals surface area contributed by atoms with Crippen LogP contribution in [0.5, 0.6) is 0 Å². The third-order valence-electron chi connectivity index (χ3n) is 7.25. The Labute approximate surface area is 123 Å². The average molecular weight is 298 g/mol. The Bertz CT molecular complexity index is 546. The molecule has 4 fully saturated rings. The maximum atomic E-state index is 12.1. The Hall–Kier alpha value is -0.690.